The van der Waals surface area contributed by atoms with E-state index in [1.54, 1.807) is 0 Å². The van der Waals surface area contributed by atoms with E-state index in [1.807, 2.05) is 0 Å². The van der Waals surface area contributed by atoms with Gasteiger partial charge in [-0.15, -0.1) is 0 Å². The molecule has 2 atom stereocenters. The molecule has 48 heavy (non-hydrogen) atoms. The summed E-state index contributed by atoms with van der Waals surface area (Å²) in [5, 5.41) is 16.9. The molecule has 0 radical (unpaired) electrons. The van der Waals surface area contributed by atoms with Gasteiger partial charge in [0.15, 0.2) is 10.2 Å². The van der Waals surface area contributed by atoms with Crippen LogP contribution in [0, 0.1) is 0 Å². The van der Waals surface area contributed by atoms with Crippen LogP contribution in [0.25, 0.3) is 0 Å². The topological polar surface area (TPSA) is 149 Å². The number of alkyl halides is 6. The van der Waals surface area contributed by atoms with Gasteiger partial charge >= 0.3 is 12.4 Å². The maximum absolute atomic E-state index is 12.9. The minimum atomic E-state index is -4.44. The molecule has 10 nitrogen and oxygen atoms in total. The van der Waals surface area contributed by atoms with Crippen molar-refractivity contribution < 1.29 is 40.7 Å². The average Bonchev–Trinajstić information content (AvgIpc) is 2.98. The van der Waals surface area contributed by atoms with E-state index in [9.17, 15) is 40.7 Å². The first-order chi connectivity index (χ1) is 22.5. The second-order valence-electron chi connectivity index (χ2n) is 10.6. The highest BCUT2D eigenvalue weighted by Gasteiger charge is 2.31. The van der Waals surface area contributed by atoms with Gasteiger partial charge in [0, 0.05) is 31.4 Å². The molecule has 0 heterocycles. The summed E-state index contributed by atoms with van der Waals surface area (Å²) in [7, 11) is 0. The molecule has 2 aromatic carbocycles. The molecule has 0 bridgehead atoms. The smallest absolute Gasteiger partial charge is 0.368 e. The summed E-state index contributed by atoms with van der Waals surface area (Å²) in [6.45, 7) is 2.00. The van der Waals surface area contributed by atoms with Crippen molar-refractivity contribution in [3.8, 4) is 0 Å². The summed E-state index contributed by atoms with van der Waals surface area (Å²) in [5.74, 6) is -1.78. The highest BCUT2D eigenvalue weighted by Crippen LogP contribution is 2.30. The second kappa shape index (κ2) is 19.0. The number of nitrogens with two attached hydrogens (primary N) is 1. The van der Waals surface area contributed by atoms with Crippen molar-refractivity contribution in [3.05, 3.63) is 59.7 Å². The highest BCUT2D eigenvalue weighted by atomic mass is 32.1. The summed E-state index contributed by atoms with van der Waals surface area (Å²) in [4.78, 5) is 36.7. The van der Waals surface area contributed by atoms with Crippen LogP contribution in [0.5, 0.6) is 0 Å². The van der Waals surface area contributed by atoms with E-state index >= 15 is 0 Å². The van der Waals surface area contributed by atoms with Gasteiger partial charge in [0.2, 0.25) is 17.7 Å². The number of thiocarbonyl (C=S) groups is 2. The SMILES string of the molecule is CC(=O)N[C@@H](CCCCNC(=S)Nc1ccc(C(F)(F)F)cc1)C(=O)N[C@@H](CCCCNC(=S)Nc1ccc(C(F)(F)F)cc1)C(N)=O. The fourth-order valence-corrected chi connectivity index (χ4v) is 4.70. The lowest BCUT2D eigenvalue weighted by Gasteiger charge is -2.22. The number of hydrogen-bond acceptors (Lipinski definition) is 5. The molecular weight excluding hydrogens is 684 g/mol. The molecule has 0 spiro atoms. The van der Waals surface area contributed by atoms with Crippen molar-refractivity contribution in [2.75, 3.05) is 23.7 Å². The van der Waals surface area contributed by atoms with Crippen LogP contribution in [0.4, 0.5) is 37.7 Å². The lowest BCUT2D eigenvalue weighted by molar-refractivity contribution is -0.138. The summed E-state index contributed by atoms with van der Waals surface area (Å²) in [6, 6.07) is 6.83. The first-order valence-corrected chi connectivity index (χ1v) is 15.6. The molecule has 0 aliphatic heterocycles. The van der Waals surface area contributed by atoms with E-state index in [-0.39, 0.29) is 23.1 Å². The number of rotatable bonds is 16. The second-order valence-corrected chi connectivity index (χ2v) is 11.4. The van der Waals surface area contributed by atoms with Gasteiger partial charge in [-0.05, 0) is 111 Å². The molecule has 18 heteroatoms. The molecule has 2 aromatic rings. The minimum absolute atomic E-state index is 0.195. The molecule has 2 rings (SSSR count). The van der Waals surface area contributed by atoms with Crippen LogP contribution in [-0.4, -0.2) is 53.1 Å². The Morgan fingerprint density at radius 2 is 1.06 bits per heavy atom. The number of carbonyl (C=O) groups excluding carboxylic acids is 3. The fourth-order valence-electron chi connectivity index (χ4n) is 4.26. The van der Waals surface area contributed by atoms with Gasteiger partial charge in [-0.2, -0.15) is 26.3 Å². The van der Waals surface area contributed by atoms with Gasteiger partial charge in [-0.1, -0.05) is 0 Å². The lowest BCUT2D eigenvalue weighted by Crippen LogP contribution is -2.52. The molecule has 0 aromatic heterocycles. The predicted octanol–water partition coefficient (Wildman–Crippen LogP) is 4.81. The largest absolute Gasteiger partial charge is 0.416 e. The Morgan fingerprint density at radius 3 is 1.42 bits per heavy atom. The van der Waals surface area contributed by atoms with E-state index in [2.05, 4.69) is 31.9 Å². The van der Waals surface area contributed by atoms with Gasteiger partial charge in [0.1, 0.15) is 12.1 Å². The van der Waals surface area contributed by atoms with Crippen LogP contribution in [0.1, 0.15) is 56.6 Å². The molecule has 0 saturated carbocycles. The standard InChI is InChI=1S/C30H37F6N7O3S2/c1-18(44)40-24(7-3-5-17-39-28(48)42-22-14-10-20(11-15-22)30(34,35)36)26(46)43-23(25(37)45)6-2-4-16-38-27(47)41-21-12-8-19(9-13-21)29(31,32)33/h8-15,23-24H,2-7,16-17H2,1H3,(H2,37,45)(H,40,44)(H,43,46)(H2,38,41,47)(H2,39,42,48)/t23-,24-/m0/s1. The predicted molar refractivity (Wildman–Crippen MR) is 178 cm³/mol. The Kier molecular flexibility index (Phi) is 15.8. The maximum atomic E-state index is 12.9. The first-order valence-electron chi connectivity index (χ1n) is 14.8. The number of nitrogens with one attached hydrogen (secondary N) is 6. The van der Waals surface area contributed by atoms with E-state index < -0.39 is 53.3 Å². The van der Waals surface area contributed by atoms with Gasteiger partial charge in [-0.3, -0.25) is 14.4 Å². The summed E-state index contributed by atoms with van der Waals surface area (Å²) < 4.78 is 76.3. The molecule has 0 aliphatic carbocycles. The summed E-state index contributed by atoms with van der Waals surface area (Å²) >= 11 is 10.3. The number of amides is 3. The molecule has 0 aliphatic rings. The lowest BCUT2D eigenvalue weighted by atomic mass is 10.1. The fraction of sp³-hybridized carbons (Fsp3) is 0.433. The number of halogens is 6. The van der Waals surface area contributed by atoms with Crippen molar-refractivity contribution in [1.29, 1.82) is 0 Å². The first kappa shape index (κ1) is 40.0. The Bertz CT molecular complexity index is 1390. The molecule has 0 fully saturated rings. The number of hydrogen-bond donors (Lipinski definition) is 7. The number of anilines is 2. The third-order valence-electron chi connectivity index (χ3n) is 6.70. The van der Waals surface area contributed by atoms with Crippen LogP contribution in [0.15, 0.2) is 48.5 Å². The van der Waals surface area contributed by atoms with Crippen LogP contribution in [-0.2, 0) is 26.7 Å². The zero-order valence-corrected chi connectivity index (χ0v) is 27.4. The maximum Gasteiger partial charge on any atom is 0.416 e. The van der Waals surface area contributed by atoms with Gasteiger partial charge in [0.05, 0.1) is 11.1 Å². The van der Waals surface area contributed by atoms with Crippen LogP contribution in [0.3, 0.4) is 0 Å². The molecular formula is C30H37F6N7O3S2. The number of benzene rings is 2. The monoisotopic (exact) mass is 721 g/mol. The van der Waals surface area contributed by atoms with Crippen molar-refractivity contribution in [3.63, 3.8) is 0 Å². The van der Waals surface area contributed by atoms with Gasteiger partial charge in [-0.25, -0.2) is 0 Å². The van der Waals surface area contributed by atoms with Crippen molar-refractivity contribution in [2.24, 2.45) is 5.73 Å². The Morgan fingerprint density at radius 1 is 0.667 bits per heavy atom. The molecule has 3 amide bonds. The third kappa shape index (κ3) is 15.1. The summed E-state index contributed by atoms with van der Waals surface area (Å²) in [5.41, 5.74) is 4.68. The van der Waals surface area contributed by atoms with Crippen molar-refractivity contribution >= 4 is 63.8 Å². The molecule has 0 unspecified atom stereocenters. The summed E-state index contributed by atoms with van der Waals surface area (Å²) in [6.07, 6.45) is -6.45. The van der Waals surface area contributed by atoms with E-state index in [1.165, 1.54) is 31.2 Å². The minimum Gasteiger partial charge on any atom is -0.368 e. The van der Waals surface area contributed by atoms with E-state index in [0.29, 0.717) is 50.1 Å². The van der Waals surface area contributed by atoms with E-state index in [0.717, 1.165) is 24.3 Å². The average molecular weight is 722 g/mol. The van der Waals surface area contributed by atoms with Gasteiger partial charge < -0.3 is 37.6 Å². The van der Waals surface area contributed by atoms with Crippen molar-refractivity contribution in [2.45, 2.75) is 69.9 Å². The normalized spacial score (nSPS) is 12.6. The van der Waals surface area contributed by atoms with Crippen LogP contribution in [0.2, 0.25) is 0 Å². The quantitative estimate of drug-likeness (QED) is 0.0737. The van der Waals surface area contributed by atoms with Crippen molar-refractivity contribution in [1.82, 2.24) is 21.3 Å². The Balaban J connectivity index is 1.72. The number of primary amides is 1. The van der Waals surface area contributed by atoms with E-state index in [4.69, 9.17) is 30.2 Å². The zero-order chi connectivity index (χ0) is 35.9. The number of unbranched alkanes of at least 4 members (excludes halogenated alkanes) is 2. The number of carbonyl (C=O) groups is 3. The third-order valence-corrected chi connectivity index (χ3v) is 7.20. The molecule has 8 N–H and O–H groups in total. The highest BCUT2D eigenvalue weighted by molar-refractivity contribution is 7.80. The van der Waals surface area contributed by atoms with Gasteiger partial charge in [0.25, 0.3) is 0 Å². The van der Waals surface area contributed by atoms with Crippen LogP contribution >= 0.6 is 24.4 Å². The van der Waals surface area contributed by atoms with Crippen LogP contribution < -0.4 is 37.6 Å². The molecule has 0 saturated heterocycles. The Hall–Kier alpha value is -4.19. The zero-order valence-electron chi connectivity index (χ0n) is 25.8. The Labute approximate surface area is 284 Å². The molecule has 264 valence electrons.